The highest BCUT2D eigenvalue weighted by Crippen LogP contribution is 2.22. The number of hydrogen-bond acceptors (Lipinski definition) is 2. The number of nitrogens with zero attached hydrogens (tertiary/aromatic N) is 2. The Morgan fingerprint density at radius 3 is 2.94 bits per heavy atom. The van der Waals surface area contributed by atoms with Crippen LogP contribution in [0, 0.1) is 6.92 Å². The van der Waals surface area contributed by atoms with E-state index in [9.17, 15) is 0 Å². The SMILES string of the molecule is CCCCn1ccnc1Nc1ccc(C)c(Cl)c1. The lowest BCUT2D eigenvalue weighted by Gasteiger charge is -2.10. The third kappa shape index (κ3) is 3.05. The molecule has 0 radical (unpaired) electrons. The largest absolute Gasteiger partial charge is 0.326 e. The summed E-state index contributed by atoms with van der Waals surface area (Å²) < 4.78 is 2.12. The average Bonchev–Trinajstić information content (AvgIpc) is 2.79. The van der Waals surface area contributed by atoms with Crippen LogP contribution in [0.25, 0.3) is 0 Å². The van der Waals surface area contributed by atoms with Crippen LogP contribution in [-0.2, 0) is 6.54 Å². The van der Waals surface area contributed by atoms with Gasteiger partial charge in [0, 0.05) is 29.6 Å². The number of halogens is 1. The highest BCUT2D eigenvalue weighted by molar-refractivity contribution is 6.31. The maximum Gasteiger partial charge on any atom is 0.207 e. The van der Waals surface area contributed by atoms with E-state index in [1.807, 2.05) is 37.5 Å². The van der Waals surface area contributed by atoms with Crippen molar-refractivity contribution in [2.75, 3.05) is 5.32 Å². The van der Waals surface area contributed by atoms with Crippen LogP contribution < -0.4 is 5.32 Å². The number of anilines is 2. The molecule has 0 saturated carbocycles. The van der Waals surface area contributed by atoms with Gasteiger partial charge in [0.05, 0.1) is 0 Å². The van der Waals surface area contributed by atoms with Gasteiger partial charge >= 0.3 is 0 Å². The first kappa shape index (κ1) is 13.0. The van der Waals surface area contributed by atoms with Crippen LogP contribution in [0.1, 0.15) is 25.3 Å². The van der Waals surface area contributed by atoms with Gasteiger partial charge in [0.1, 0.15) is 0 Å². The number of rotatable bonds is 5. The van der Waals surface area contributed by atoms with Gasteiger partial charge in [0.25, 0.3) is 0 Å². The maximum atomic E-state index is 6.11. The first-order chi connectivity index (χ1) is 8.70. The number of aryl methyl sites for hydroxylation is 2. The van der Waals surface area contributed by atoms with Crippen molar-refractivity contribution >= 4 is 23.2 Å². The smallest absolute Gasteiger partial charge is 0.207 e. The van der Waals surface area contributed by atoms with Crippen LogP contribution in [0.15, 0.2) is 30.6 Å². The number of nitrogens with one attached hydrogen (secondary N) is 1. The van der Waals surface area contributed by atoms with Gasteiger partial charge in [-0.15, -0.1) is 0 Å². The minimum absolute atomic E-state index is 0.770. The molecule has 0 atom stereocenters. The molecule has 0 spiro atoms. The zero-order valence-corrected chi connectivity index (χ0v) is 11.5. The number of aromatic nitrogens is 2. The third-order valence-corrected chi connectivity index (χ3v) is 3.30. The van der Waals surface area contributed by atoms with E-state index >= 15 is 0 Å². The highest BCUT2D eigenvalue weighted by atomic mass is 35.5. The molecule has 2 aromatic rings. The molecule has 1 heterocycles. The normalized spacial score (nSPS) is 10.6. The fourth-order valence-electron chi connectivity index (χ4n) is 1.74. The lowest BCUT2D eigenvalue weighted by Crippen LogP contribution is -2.03. The molecule has 0 aliphatic carbocycles. The van der Waals surface area contributed by atoms with E-state index in [1.165, 1.54) is 6.42 Å². The topological polar surface area (TPSA) is 29.9 Å². The molecule has 1 aromatic carbocycles. The molecule has 0 aliphatic rings. The molecule has 96 valence electrons. The summed E-state index contributed by atoms with van der Waals surface area (Å²) in [7, 11) is 0. The molecule has 2 rings (SSSR count). The monoisotopic (exact) mass is 263 g/mol. The summed E-state index contributed by atoms with van der Waals surface area (Å²) in [6.07, 6.45) is 6.13. The lowest BCUT2D eigenvalue weighted by atomic mass is 10.2. The number of benzene rings is 1. The van der Waals surface area contributed by atoms with Gasteiger partial charge in [-0.3, -0.25) is 0 Å². The molecule has 18 heavy (non-hydrogen) atoms. The molecule has 0 saturated heterocycles. The number of imidazole rings is 1. The predicted octanol–water partition coefficient (Wildman–Crippen LogP) is 4.39. The van der Waals surface area contributed by atoms with Crippen LogP contribution in [-0.4, -0.2) is 9.55 Å². The van der Waals surface area contributed by atoms with E-state index in [2.05, 4.69) is 21.8 Å². The molecule has 0 unspecified atom stereocenters. The molecular formula is C14H18ClN3. The lowest BCUT2D eigenvalue weighted by molar-refractivity contribution is 0.638. The summed E-state index contributed by atoms with van der Waals surface area (Å²) in [5.41, 5.74) is 2.05. The van der Waals surface area contributed by atoms with Gasteiger partial charge in [-0.1, -0.05) is 31.0 Å². The summed E-state index contributed by atoms with van der Waals surface area (Å²) in [6, 6.07) is 5.94. The van der Waals surface area contributed by atoms with E-state index in [4.69, 9.17) is 11.6 Å². The van der Waals surface area contributed by atoms with Crippen molar-refractivity contribution < 1.29 is 0 Å². The van der Waals surface area contributed by atoms with Crippen molar-refractivity contribution in [1.82, 2.24) is 9.55 Å². The Labute approximate surface area is 113 Å². The molecule has 0 bridgehead atoms. The Balaban J connectivity index is 2.13. The summed E-state index contributed by atoms with van der Waals surface area (Å²) in [5, 5.41) is 4.07. The zero-order valence-electron chi connectivity index (χ0n) is 10.8. The third-order valence-electron chi connectivity index (χ3n) is 2.90. The Morgan fingerprint density at radius 1 is 1.39 bits per heavy atom. The number of unbranched alkanes of at least 4 members (excludes halogenated alkanes) is 1. The number of hydrogen-bond donors (Lipinski definition) is 1. The van der Waals surface area contributed by atoms with Gasteiger partial charge in [0.15, 0.2) is 0 Å². The van der Waals surface area contributed by atoms with Crippen LogP contribution >= 0.6 is 11.6 Å². The zero-order chi connectivity index (χ0) is 13.0. The van der Waals surface area contributed by atoms with Crippen molar-refractivity contribution in [2.45, 2.75) is 33.2 Å². The van der Waals surface area contributed by atoms with E-state index < -0.39 is 0 Å². The molecule has 0 aliphatic heterocycles. The molecule has 3 nitrogen and oxygen atoms in total. The molecule has 0 fully saturated rings. The fraction of sp³-hybridized carbons (Fsp3) is 0.357. The van der Waals surface area contributed by atoms with Crippen LogP contribution in [0.2, 0.25) is 5.02 Å². The van der Waals surface area contributed by atoms with Crippen LogP contribution in [0.3, 0.4) is 0 Å². The minimum atomic E-state index is 0.770. The van der Waals surface area contributed by atoms with Gasteiger partial charge < -0.3 is 9.88 Å². The highest BCUT2D eigenvalue weighted by Gasteiger charge is 2.04. The van der Waals surface area contributed by atoms with Crippen molar-refractivity contribution in [2.24, 2.45) is 0 Å². The van der Waals surface area contributed by atoms with Crippen molar-refractivity contribution in [3.8, 4) is 0 Å². The van der Waals surface area contributed by atoms with E-state index in [1.54, 1.807) is 0 Å². The predicted molar refractivity (Wildman–Crippen MR) is 76.6 cm³/mol. The second-order valence-electron chi connectivity index (χ2n) is 4.39. The fourth-order valence-corrected chi connectivity index (χ4v) is 1.92. The second-order valence-corrected chi connectivity index (χ2v) is 4.79. The first-order valence-corrected chi connectivity index (χ1v) is 6.63. The van der Waals surface area contributed by atoms with Crippen molar-refractivity contribution in [3.63, 3.8) is 0 Å². The Morgan fingerprint density at radius 2 is 2.22 bits per heavy atom. The maximum absolute atomic E-state index is 6.11. The first-order valence-electron chi connectivity index (χ1n) is 6.25. The summed E-state index contributed by atoms with van der Waals surface area (Å²) in [6.45, 7) is 5.16. The summed E-state index contributed by atoms with van der Waals surface area (Å²) >= 11 is 6.11. The minimum Gasteiger partial charge on any atom is -0.326 e. The van der Waals surface area contributed by atoms with Crippen molar-refractivity contribution in [3.05, 3.63) is 41.2 Å². The summed E-state index contributed by atoms with van der Waals surface area (Å²) in [4.78, 5) is 4.33. The van der Waals surface area contributed by atoms with Gasteiger partial charge in [-0.25, -0.2) is 4.98 Å². The Hall–Kier alpha value is -1.48. The Bertz CT molecular complexity index is 520. The van der Waals surface area contributed by atoms with Crippen LogP contribution in [0.4, 0.5) is 11.6 Å². The van der Waals surface area contributed by atoms with Gasteiger partial charge in [-0.2, -0.15) is 0 Å². The molecule has 1 N–H and O–H groups in total. The average molecular weight is 264 g/mol. The standard InChI is InChI=1S/C14H18ClN3/c1-3-4-8-18-9-7-16-14(18)17-12-6-5-11(2)13(15)10-12/h5-7,9-10H,3-4,8H2,1-2H3,(H,16,17). The van der Waals surface area contributed by atoms with E-state index in [0.29, 0.717) is 0 Å². The molecule has 0 amide bonds. The molecular weight excluding hydrogens is 246 g/mol. The quantitative estimate of drug-likeness (QED) is 0.867. The van der Waals surface area contributed by atoms with Gasteiger partial charge in [0.2, 0.25) is 5.95 Å². The van der Waals surface area contributed by atoms with E-state index in [-0.39, 0.29) is 0 Å². The Kier molecular flexibility index (Phi) is 4.26. The van der Waals surface area contributed by atoms with E-state index in [0.717, 1.165) is 35.2 Å². The molecule has 1 aromatic heterocycles. The van der Waals surface area contributed by atoms with Crippen LogP contribution in [0.5, 0.6) is 0 Å². The second kappa shape index (κ2) is 5.91. The molecule has 4 heteroatoms. The summed E-state index contributed by atoms with van der Waals surface area (Å²) in [5.74, 6) is 0.864. The van der Waals surface area contributed by atoms with Gasteiger partial charge in [-0.05, 0) is 31.0 Å². The van der Waals surface area contributed by atoms with Crippen molar-refractivity contribution in [1.29, 1.82) is 0 Å².